The van der Waals surface area contributed by atoms with E-state index in [-0.39, 0.29) is 6.09 Å². The van der Waals surface area contributed by atoms with Crippen molar-refractivity contribution in [3.05, 3.63) is 0 Å². The van der Waals surface area contributed by atoms with E-state index in [0.717, 1.165) is 19.5 Å². The number of carbonyl (C=O) groups excluding carboxylic acids is 1. The van der Waals surface area contributed by atoms with Crippen LogP contribution in [0.15, 0.2) is 0 Å². The van der Waals surface area contributed by atoms with Crippen LogP contribution in [-0.2, 0) is 4.74 Å². The molecule has 90 valence electrons. The Kier molecular flexibility index (Phi) is 9.27. The van der Waals surface area contributed by atoms with E-state index >= 15 is 0 Å². The van der Waals surface area contributed by atoms with E-state index in [0.29, 0.717) is 19.1 Å². The molecule has 0 radical (unpaired) electrons. The van der Waals surface area contributed by atoms with Gasteiger partial charge in [-0.1, -0.05) is 20.3 Å². The van der Waals surface area contributed by atoms with Gasteiger partial charge in [0.2, 0.25) is 0 Å². The van der Waals surface area contributed by atoms with Crippen molar-refractivity contribution in [3.63, 3.8) is 0 Å². The average molecular weight is 216 g/mol. The second-order valence-corrected chi connectivity index (χ2v) is 3.74. The van der Waals surface area contributed by atoms with Gasteiger partial charge < -0.3 is 15.4 Å². The first kappa shape index (κ1) is 14.2. The Morgan fingerprint density at radius 1 is 1.40 bits per heavy atom. The molecule has 1 atom stereocenters. The predicted molar refractivity (Wildman–Crippen MR) is 62.0 cm³/mol. The number of ether oxygens (including phenoxy) is 1. The molecule has 15 heavy (non-hydrogen) atoms. The maximum atomic E-state index is 10.9. The Balaban J connectivity index is 3.14. The van der Waals surface area contributed by atoms with Crippen LogP contribution >= 0.6 is 0 Å². The highest BCUT2D eigenvalue weighted by Gasteiger charge is 1.99. The number of rotatable bonds is 8. The van der Waals surface area contributed by atoms with Gasteiger partial charge in [0, 0.05) is 6.54 Å². The summed E-state index contributed by atoms with van der Waals surface area (Å²) in [6.45, 7) is 9.32. The fraction of sp³-hybridized carbons (Fsp3) is 0.909. The Labute approximate surface area is 92.8 Å². The van der Waals surface area contributed by atoms with Crippen LogP contribution in [-0.4, -0.2) is 32.3 Å². The molecule has 0 spiro atoms. The van der Waals surface area contributed by atoms with E-state index in [9.17, 15) is 4.79 Å². The molecule has 0 bridgehead atoms. The SMILES string of the molecule is CCNC(=O)OCCCNCC(C)CC. The number of carbonyl (C=O) groups is 1. The van der Waals surface area contributed by atoms with Crippen LogP contribution in [0.3, 0.4) is 0 Å². The second kappa shape index (κ2) is 9.77. The van der Waals surface area contributed by atoms with Crippen LogP contribution in [0, 0.1) is 5.92 Å². The lowest BCUT2D eigenvalue weighted by Gasteiger charge is -2.10. The highest BCUT2D eigenvalue weighted by Crippen LogP contribution is 1.96. The van der Waals surface area contributed by atoms with Crippen molar-refractivity contribution in [2.75, 3.05) is 26.2 Å². The molecule has 0 aromatic heterocycles. The largest absolute Gasteiger partial charge is 0.450 e. The molecule has 0 saturated carbocycles. The van der Waals surface area contributed by atoms with Gasteiger partial charge in [0.1, 0.15) is 0 Å². The lowest BCUT2D eigenvalue weighted by molar-refractivity contribution is 0.145. The van der Waals surface area contributed by atoms with Crippen LogP contribution < -0.4 is 10.6 Å². The Hall–Kier alpha value is -0.770. The average Bonchev–Trinajstić information content (AvgIpc) is 2.23. The van der Waals surface area contributed by atoms with Gasteiger partial charge in [0.15, 0.2) is 0 Å². The minimum atomic E-state index is -0.320. The molecule has 0 saturated heterocycles. The van der Waals surface area contributed by atoms with Crippen molar-refractivity contribution in [2.24, 2.45) is 5.92 Å². The monoisotopic (exact) mass is 216 g/mol. The van der Waals surface area contributed by atoms with E-state index in [4.69, 9.17) is 4.74 Å². The molecule has 0 fully saturated rings. The molecular formula is C11H24N2O2. The summed E-state index contributed by atoms with van der Waals surface area (Å²) in [5, 5.41) is 5.91. The molecule has 4 heteroatoms. The van der Waals surface area contributed by atoms with Crippen LogP contribution in [0.1, 0.15) is 33.6 Å². The minimum absolute atomic E-state index is 0.320. The number of hydrogen-bond donors (Lipinski definition) is 2. The van der Waals surface area contributed by atoms with Crippen molar-refractivity contribution in [2.45, 2.75) is 33.6 Å². The molecule has 0 heterocycles. The van der Waals surface area contributed by atoms with Crippen LogP contribution in [0.4, 0.5) is 4.79 Å². The van der Waals surface area contributed by atoms with Gasteiger partial charge in [-0.2, -0.15) is 0 Å². The number of amides is 1. The van der Waals surface area contributed by atoms with Crippen molar-refractivity contribution < 1.29 is 9.53 Å². The molecule has 2 N–H and O–H groups in total. The van der Waals surface area contributed by atoms with E-state index in [1.54, 1.807) is 0 Å². The number of hydrogen-bond acceptors (Lipinski definition) is 3. The molecule has 0 aliphatic carbocycles. The fourth-order valence-electron chi connectivity index (χ4n) is 1.05. The third-order valence-electron chi connectivity index (χ3n) is 2.24. The molecule has 0 aliphatic heterocycles. The quantitative estimate of drug-likeness (QED) is 0.608. The molecule has 0 aromatic carbocycles. The van der Waals surface area contributed by atoms with Gasteiger partial charge in [-0.25, -0.2) is 4.79 Å². The molecular weight excluding hydrogens is 192 g/mol. The van der Waals surface area contributed by atoms with Crippen LogP contribution in [0.5, 0.6) is 0 Å². The first-order chi connectivity index (χ1) is 7.20. The topological polar surface area (TPSA) is 50.4 Å². The fourth-order valence-corrected chi connectivity index (χ4v) is 1.05. The third kappa shape index (κ3) is 9.53. The maximum Gasteiger partial charge on any atom is 0.407 e. The zero-order valence-corrected chi connectivity index (χ0v) is 10.1. The summed E-state index contributed by atoms with van der Waals surface area (Å²) >= 11 is 0. The highest BCUT2D eigenvalue weighted by molar-refractivity contribution is 5.66. The van der Waals surface area contributed by atoms with Crippen molar-refractivity contribution in [1.29, 1.82) is 0 Å². The highest BCUT2D eigenvalue weighted by atomic mass is 16.5. The minimum Gasteiger partial charge on any atom is -0.450 e. The van der Waals surface area contributed by atoms with E-state index in [2.05, 4.69) is 24.5 Å². The number of alkyl carbamates (subject to hydrolysis) is 1. The van der Waals surface area contributed by atoms with Gasteiger partial charge >= 0.3 is 6.09 Å². The predicted octanol–water partition coefficient (Wildman–Crippen LogP) is 1.76. The summed E-state index contributed by atoms with van der Waals surface area (Å²) in [5.41, 5.74) is 0. The van der Waals surface area contributed by atoms with Crippen molar-refractivity contribution in [1.82, 2.24) is 10.6 Å². The van der Waals surface area contributed by atoms with Crippen molar-refractivity contribution >= 4 is 6.09 Å². The van der Waals surface area contributed by atoms with Gasteiger partial charge in [0.25, 0.3) is 0 Å². The summed E-state index contributed by atoms with van der Waals surface area (Å²) < 4.78 is 4.93. The lowest BCUT2D eigenvalue weighted by atomic mass is 10.1. The first-order valence-electron chi connectivity index (χ1n) is 5.82. The Morgan fingerprint density at radius 2 is 2.13 bits per heavy atom. The Morgan fingerprint density at radius 3 is 2.73 bits per heavy atom. The molecule has 0 rings (SSSR count). The van der Waals surface area contributed by atoms with Gasteiger partial charge in [-0.3, -0.25) is 0 Å². The van der Waals surface area contributed by atoms with Crippen LogP contribution in [0.2, 0.25) is 0 Å². The van der Waals surface area contributed by atoms with Gasteiger partial charge in [0.05, 0.1) is 6.61 Å². The zero-order valence-electron chi connectivity index (χ0n) is 10.1. The molecule has 0 aromatic rings. The summed E-state index contributed by atoms with van der Waals surface area (Å²) in [6, 6.07) is 0. The summed E-state index contributed by atoms with van der Waals surface area (Å²) in [7, 11) is 0. The van der Waals surface area contributed by atoms with Crippen LogP contribution in [0.25, 0.3) is 0 Å². The van der Waals surface area contributed by atoms with E-state index in [1.807, 2.05) is 6.92 Å². The normalized spacial score (nSPS) is 12.2. The smallest absolute Gasteiger partial charge is 0.407 e. The van der Waals surface area contributed by atoms with Gasteiger partial charge in [-0.15, -0.1) is 0 Å². The lowest BCUT2D eigenvalue weighted by Crippen LogP contribution is -2.26. The van der Waals surface area contributed by atoms with Crippen molar-refractivity contribution in [3.8, 4) is 0 Å². The van der Waals surface area contributed by atoms with E-state index < -0.39 is 0 Å². The summed E-state index contributed by atoms with van der Waals surface area (Å²) in [5.74, 6) is 0.717. The number of nitrogens with one attached hydrogen (secondary N) is 2. The Bertz CT molecular complexity index is 163. The zero-order chi connectivity index (χ0) is 11.5. The third-order valence-corrected chi connectivity index (χ3v) is 2.24. The summed E-state index contributed by atoms with van der Waals surface area (Å²) in [4.78, 5) is 10.9. The van der Waals surface area contributed by atoms with E-state index in [1.165, 1.54) is 6.42 Å². The summed E-state index contributed by atoms with van der Waals surface area (Å²) in [6.07, 6.45) is 1.75. The molecule has 4 nitrogen and oxygen atoms in total. The first-order valence-corrected chi connectivity index (χ1v) is 5.82. The molecule has 1 amide bonds. The second-order valence-electron chi connectivity index (χ2n) is 3.74. The molecule has 1 unspecified atom stereocenters. The standard InChI is InChI=1S/C11H24N2O2/c1-4-10(3)9-12-7-6-8-15-11(14)13-5-2/h10,12H,4-9H2,1-3H3,(H,13,14). The van der Waals surface area contributed by atoms with Gasteiger partial charge in [-0.05, 0) is 32.4 Å². The maximum absolute atomic E-state index is 10.9. The molecule has 0 aliphatic rings.